The lowest BCUT2D eigenvalue weighted by atomic mass is 10.1. The summed E-state index contributed by atoms with van der Waals surface area (Å²) in [6, 6.07) is 9.08. The fourth-order valence-corrected chi connectivity index (χ4v) is 1.23. The third-order valence-electron chi connectivity index (χ3n) is 1.82. The van der Waals surface area contributed by atoms with Crippen molar-refractivity contribution in [2.45, 2.75) is 3.79 Å². The van der Waals surface area contributed by atoms with Gasteiger partial charge in [-0.2, -0.15) is 0 Å². The molecule has 86 valence electrons. The van der Waals surface area contributed by atoms with Crippen LogP contribution >= 0.6 is 34.8 Å². The van der Waals surface area contributed by atoms with Gasteiger partial charge >= 0.3 is 0 Å². The van der Waals surface area contributed by atoms with Crippen LogP contribution in [-0.2, 0) is 9.53 Å². The number of methoxy groups -OCH3 is 1. The van der Waals surface area contributed by atoms with E-state index in [1.807, 2.05) is 18.2 Å². The molecule has 0 aliphatic carbocycles. The van der Waals surface area contributed by atoms with E-state index in [-0.39, 0.29) is 0 Å². The van der Waals surface area contributed by atoms with E-state index in [0.29, 0.717) is 5.76 Å². The van der Waals surface area contributed by atoms with E-state index in [0.717, 1.165) is 5.56 Å². The second-order valence-electron chi connectivity index (χ2n) is 2.94. The second-order valence-corrected chi connectivity index (χ2v) is 5.22. The average molecular weight is 280 g/mol. The lowest BCUT2D eigenvalue weighted by Crippen LogP contribution is -2.16. The average Bonchev–Trinajstić information content (AvgIpc) is 2.25. The van der Waals surface area contributed by atoms with Gasteiger partial charge < -0.3 is 4.74 Å². The van der Waals surface area contributed by atoms with Gasteiger partial charge in [0.25, 0.3) is 3.79 Å². The molecule has 0 fully saturated rings. The maximum Gasteiger partial charge on any atom is 0.252 e. The van der Waals surface area contributed by atoms with Crippen LogP contribution in [-0.4, -0.2) is 16.7 Å². The van der Waals surface area contributed by atoms with Crippen molar-refractivity contribution in [3.63, 3.8) is 0 Å². The zero-order chi connectivity index (χ0) is 12.2. The molecule has 0 heterocycles. The number of benzene rings is 1. The molecule has 0 spiro atoms. The number of ether oxygens (including phenoxy) is 1. The van der Waals surface area contributed by atoms with Gasteiger partial charge in [0, 0.05) is 11.6 Å². The number of allylic oxidation sites excluding steroid dienone is 1. The molecule has 0 atom stereocenters. The molecule has 0 radical (unpaired) electrons. The summed E-state index contributed by atoms with van der Waals surface area (Å²) in [7, 11) is 1.45. The summed E-state index contributed by atoms with van der Waals surface area (Å²) in [4.78, 5) is 11.5. The Morgan fingerprint density at radius 3 is 2.25 bits per heavy atom. The standard InChI is InChI=1S/C11H9Cl3O2/c1-16-9(7-10(15)11(12,13)14)8-5-3-2-4-6-8/h2-7H,1H3/b9-7+. The van der Waals surface area contributed by atoms with Crippen molar-refractivity contribution in [1.29, 1.82) is 0 Å². The van der Waals surface area contributed by atoms with E-state index >= 15 is 0 Å². The molecule has 0 aromatic heterocycles. The molecule has 0 saturated carbocycles. The Bertz CT molecular complexity index is 393. The van der Waals surface area contributed by atoms with Crippen LogP contribution in [0.3, 0.4) is 0 Å². The Kier molecular flexibility index (Phi) is 4.66. The third-order valence-corrected chi connectivity index (χ3v) is 2.38. The Morgan fingerprint density at radius 1 is 1.25 bits per heavy atom. The van der Waals surface area contributed by atoms with E-state index < -0.39 is 9.58 Å². The van der Waals surface area contributed by atoms with Crippen molar-refractivity contribution in [2.24, 2.45) is 0 Å². The van der Waals surface area contributed by atoms with Gasteiger partial charge in [0.2, 0.25) is 5.78 Å². The first-order chi connectivity index (χ1) is 7.45. The van der Waals surface area contributed by atoms with Gasteiger partial charge in [-0.25, -0.2) is 0 Å². The summed E-state index contributed by atoms with van der Waals surface area (Å²) in [6.07, 6.45) is 1.17. The normalized spacial score (nSPS) is 12.4. The van der Waals surface area contributed by atoms with Crippen LogP contribution in [0.1, 0.15) is 5.56 Å². The number of carbonyl (C=O) groups is 1. The molecule has 16 heavy (non-hydrogen) atoms. The molecule has 2 nitrogen and oxygen atoms in total. The number of alkyl halides is 3. The molecule has 0 saturated heterocycles. The molecular formula is C11H9Cl3O2. The highest BCUT2D eigenvalue weighted by Gasteiger charge is 2.29. The Balaban J connectivity index is 3.00. The number of hydrogen-bond donors (Lipinski definition) is 0. The summed E-state index contributed by atoms with van der Waals surface area (Å²) < 4.78 is 3.11. The maximum atomic E-state index is 11.5. The van der Waals surface area contributed by atoms with Crippen LogP contribution in [0.2, 0.25) is 0 Å². The summed E-state index contributed by atoms with van der Waals surface area (Å²) in [6.45, 7) is 0. The number of hydrogen-bond acceptors (Lipinski definition) is 2. The number of halogens is 3. The van der Waals surface area contributed by atoms with Gasteiger partial charge in [-0.05, 0) is 0 Å². The SMILES string of the molecule is CO/C(=C/C(=O)C(Cl)(Cl)Cl)c1ccccc1. The largest absolute Gasteiger partial charge is 0.496 e. The van der Waals surface area contributed by atoms with Gasteiger partial charge in [-0.3, -0.25) is 4.79 Å². The first-order valence-electron chi connectivity index (χ1n) is 4.37. The molecule has 0 aliphatic rings. The number of rotatable bonds is 3. The van der Waals surface area contributed by atoms with Crippen LogP contribution in [0.15, 0.2) is 36.4 Å². The molecule has 0 unspecified atom stereocenters. The highest BCUT2D eigenvalue weighted by atomic mass is 35.6. The van der Waals surface area contributed by atoms with Crippen molar-refractivity contribution in [3.8, 4) is 0 Å². The van der Waals surface area contributed by atoms with E-state index in [2.05, 4.69) is 0 Å². The second kappa shape index (κ2) is 5.58. The minimum atomic E-state index is -1.96. The molecule has 0 N–H and O–H groups in total. The summed E-state index contributed by atoms with van der Waals surface area (Å²) in [5.74, 6) is -0.282. The quantitative estimate of drug-likeness (QED) is 0.480. The summed E-state index contributed by atoms with van der Waals surface area (Å²) in [5.41, 5.74) is 0.743. The van der Waals surface area contributed by atoms with Gasteiger partial charge in [0.05, 0.1) is 7.11 Å². The van der Waals surface area contributed by atoms with Crippen molar-refractivity contribution < 1.29 is 9.53 Å². The zero-order valence-corrected chi connectivity index (χ0v) is 10.7. The summed E-state index contributed by atoms with van der Waals surface area (Å²) >= 11 is 16.4. The fraction of sp³-hybridized carbons (Fsp3) is 0.182. The van der Waals surface area contributed by atoms with E-state index in [1.165, 1.54) is 13.2 Å². The van der Waals surface area contributed by atoms with Crippen LogP contribution < -0.4 is 0 Å². The van der Waals surface area contributed by atoms with Gasteiger partial charge in [-0.15, -0.1) is 0 Å². The Labute approximate surface area is 109 Å². The highest BCUT2D eigenvalue weighted by molar-refractivity contribution is 6.77. The maximum absolute atomic E-state index is 11.5. The van der Waals surface area contributed by atoms with E-state index in [9.17, 15) is 4.79 Å². The van der Waals surface area contributed by atoms with E-state index in [4.69, 9.17) is 39.5 Å². The molecule has 0 bridgehead atoms. The Morgan fingerprint density at radius 2 is 1.81 bits per heavy atom. The Hall–Kier alpha value is -0.700. The molecule has 0 aliphatic heterocycles. The summed E-state index contributed by atoms with van der Waals surface area (Å²) in [5, 5.41) is 0. The first kappa shape index (κ1) is 13.4. The van der Waals surface area contributed by atoms with Gasteiger partial charge in [0.1, 0.15) is 5.76 Å². The lowest BCUT2D eigenvalue weighted by Gasteiger charge is -2.09. The third kappa shape index (κ3) is 3.71. The molecule has 0 amide bonds. The molecule has 1 aromatic rings. The van der Waals surface area contributed by atoms with Crippen molar-refractivity contribution in [3.05, 3.63) is 42.0 Å². The number of carbonyl (C=O) groups excluding carboxylic acids is 1. The molecule has 5 heteroatoms. The van der Waals surface area contributed by atoms with Gasteiger partial charge in [0.15, 0.2) is 0 Å². The van der Waals surface area contributed by atoms with Gasteiger partial charge in [-0.1, -0.05) is 65.1 Å². The fourth-order valence-electron chi connectivity index (χ4n) is 1.06. The lowest BCUT2D eigenvalue weighted by molar-refractivity contribution is -0.113. The molecule has 1 rings (SSSR count). The van der Waals surface area contributed by atoms with Crippen molar-refractivity contribution in [2.75, 3.05) is 7.11 Å². The number of ketones is 1. The van der Waals surface area contributed by atoms with Crippen molar-refractivity contribution in [1.82, 2.24) is 0 Å². The van der Waals surface area contributed by atoms with E-state index in [1.54, 1.807) is 12.1 Å². The van der Waals surface area contributed by atoms with Crippen LogP contribution in [0.4, 0.5) is 0 Å². The van der Waals surface area contributed by atoms with Crippen LogP contribution in [0, 0.1) is 0 Å². The smallest absolute Gasteiger partial charge is 0.252 e. The minimum Gasteiger partial charge on any atom is -0.496 e. The first-order valence-corrected chi connectivity index (χ1v) is 5.51. The predicted octanol–water partition coefficient (Wildman–Crippen LogP) is 3.61. The topological polar surface area (TPSA) is 26.3 Å². The van der Waals surface area contributed by atoms with Crippen LogP contribution in [0.25, 0.3) is 5.76 Å². The minimum absolute atomic E-state index is 0.358. The monoisotopic (exact) mass is 278 g/mol. The highest BCUT2D eigenvalue weighted by Crippen LogP contribution is 2.29. The predicted molar refractivity (Wildman–Crippen MR) is 66.7 cm³/mol. The molecular weight excluding hydrogens is 270 g/mol. The van der Waals surface area contributed by atoms with Crippen LogP contribution in [0.5, 0.6) is 0 Å². The zero-order valence-electron chi connectivity index (χ0n) is 8.41. The molecule has 1 aromatic carbocycles. The van der Waals surface area contributed by atoms with Crippen molar-refractivity contribution >= 4 is 46.3 Å².